The predicted octanol–water partition coefficient (Wildman–Crippen LogP) is 3.84. The fourth-order valence-corrected chi connectivity index (χ4v) is 2.43. The normalized spacial score (nSPS) is 12.0. The lowest BCUT2D eigenvalue weighted by molar-refractivity contribution is -0.274. The molecule has 30 heavy (non-hydrogen) atoms. The van der Waals surface area contributed by atoms with E-state index in [9.17, 15) is 22.0 Å². The number of nitrogens with one attached hydrogen (secondary N) is 1. The molecule has 6 nitrogen and oxygen atoms in total. The number of aliphatic imine (C=N–C) groups is 1. The van der Waals surface area contributed by atoms with Crippen molar-refractivity contribution >= 4 is 5.96 Å². The molecule has 0 aliphatic heterocycles. The number of methoxy groups -OCH3 is 1. The van der Waals surface area contributed by atoms with Gasteiger partial charge in [0.15, 0.2) is 17.5 Å². The summed E-state index contributed by atoms with van der Waals surface area (Å²) in [5.74, 6) is -0.0662. The molecule has 0 radical (unpaired) electrons. The number of hydrogen-bond donors (Lipinski definition) is 2. The van der Waals surface area contributed by atoms with Crippen molar-refractivity contribution in [3.63, 3.8) is 0 Å². The maximum atomic E-state index is 12.5. The molecule has 0 aliphatic carbocycles. The number of halogens is 5. The predicted molar refractivity (Wildman–Crippen MR) is 99.8 cm³/mol. The fourth-order valence-electron chi connectivity index (χ4n) is 2.43. The van der Waals surface area contributed by atoms with Gasteiger partial charge in [0.25, 0.3) is 0 Å². The van der Waals surface area contributed by atoms with Crippen LogP contribution in [0.25, 0.3) is 0 Å². The van der Waals surface area contributed by atoms with Gasteiger partial charge in [0.05, 0.1) is 13.7 Å². The van der Waals surface area contributed by atoms with Crippen LogP contribution in [-0.4, -0.2) is 32.6 Å². The molecular weight excluding hydrogens is 413 g/mol. The van der Waals surface area contributed by atoms with Crippen molar-refractivity contribution in [2.24, 2.45) is 10.7 Å². The smallest absolute Gasteiger partial charge is 0.493 e. The molecule has 2 aromatic carbocycles. The molecule has 0 atom stereocenters. The molecule has 0 amide bonds. The maximum absolute atomic E-state index is 12.5. The van der Waals surface area contributed by atoms with Gasteiger partial charge in [-0.1, -0.05) is 18.2 Å². The summed E-state index contributed by atoms with van der Waals surface area (Å²) in [6, 6.07) is 9.94. The average molecular weight is 433 g/mol. The Morgan fingerprint density at radius 2 is 1.73 bits per heavy atom. The average Bonchev–Trinajstić information content (AvgIpc) is 2.66. The van der Waals surface area contributed by atoms with E-state index in [1.807, 2.05) is 0 Å². The Morgan fingerprint density at radius 1 is 1.07 bits per heavy atom. The highest BCUT2D eigenvalue weighted by Gasteiger charge is 2.30. The van der Waals surface area contributed by atoms with Crippen molar-refractivity contribution in [3.8, 4) is 17.2 Å². The minimum absolute atomic E-state index is 0.0652. The van der Waals surface area contributed by atoms with Crippen LogP contribution in [0, 0.1) is 0 Å². The number of rotatable bonds is 9. The van der Waals surface area contributed by atoms with Crippen LogP contribution in [0.1, 0.15) is 11.1 Å². The van der Waals surface area contributed by atoms with E-state index >= 15 is 0 Å². The number of guanidine groups is 1. The lowest BCUT2D eigenvalue weighted by atomic mass is 10.1. The number of alkyl halides is 5. The van der Waals surface area contributed by atoms with Crippen LogP contribution in [-0.2, 0) is 13.0 Å². The van der Waals surface area contributed by atoms with Gasteiger partial charge in [0.2, 0.25) is 0 Å². The van der Waals surface area contributed by atoms with Crippen molar-refractivity contribution in [1.29, 1.82) is 0 Å². The first-order valence-electron chi connectivity index (χ1n) is 8.66. The molecule has 0 bridgehead atoms. The molecule has 0 fully saturated rings. The molecule has 2 rings (SSSR count). The topological polar surface area (TPSA) is 78.1 Å². The Labute approximate surface area is 169 Å². The van der Waals surface area contributed by atoms with Gasteiger partial charge in [-0.2, -0.15) is 8.78 Å². The molecule has 2 aromatic rings. The van der Waals surface area contributed by atoms with Crippen LogP contribution in [0.4, 0.5) is 22.0 Å². The zero-order chi connectivity index (χ0) is 22.1. The molecule has 11 heteroatoms. The summed E-state index contributed by atoms with van der Waals surface area (Å²) in [5, 5.41) is 2.87. The molecule has 0 aromatic heterocycles. The van der Waals surface area contributed by atoms with Gasteiger partial charge in [0, 0.05) is 6.54 Å². The largest absolute Gasteiger partial charge is 0.573 e. The van der Waals surface area contributed by atoms with E-state index in [1.54, 1.807) is 6.07 Å². The van der Waals surface area contributed by atoms with Gasteiger partial charge in [-0.15, -0.1) is 13.2 Å². The van der Waals surface area contributed by atoms with E-state index in [1.165, 1.54) is 43.5 Å². The standard InChI is InChI=1S/C19H20F5N3O3/c1-28-15-7-4-12(10-16(15)29-17(20)21)8-9-26-18(25)27-11-13-2-5-14(6-3-13)30-19(22,23)24/h2-7,10,17H,8-9,11H2,1H3,(H3,25,26,27). The first-order chi connectivity index (χ1) is 14.2. The Balaban J connectivity index is 1.84. The first-order valence-corrected chi connectivity index (χ1v) is 8.66. The molecular formula is C19H20F5N3O3. The van der Waals surface area contributed by atoms with E-state index in [2.05, 4.69) is 19.8 Å². The van der Waals surface area contributed by atoms with Crippen LogP contribution < -0.4 is 25.3 Å². The van der Waals surface area contributed by atoms with Gasteiger partial charge in [0.1, 0.15) is 5.75 Å². The Kier molecular flexibility index (Phi) is 8.07. The summed E-state index contributed by atoms with van der Waals surface area (Å²) in [5.41, 5.74) is 7.11. The Bertz CT molecular complexity index is 842. The van der Waals surface area contributed by atoms with Crippen LogP contribution in [0.3, 0.4) is 0 Å². The monoisotopic (exact) mass is 433 g/mol. The molecule has 3 N–H and O–H groups in total. The van der Waals surface area contributed by atoms with Gasteiger partial charge in [-0.05, 0) is 41.8 Å². The third kappa shape index (κ3) is 8.02. The van der Waals surface area contributed by atoms with E-state index in [0.29, 0.717) is 24.1 Å². The van der Waals surface area contributed by atoms with Crippen LogP contribution in [0.5, 0.6) is 17.2 Å². The SMILES string of the molecule is COc1ccc(CCNC(N)=NCc2ccc(OC(F)(F)F)cc2)cc1OC(F)F. The summed E-state index contributed by atoms with van der Waals surface area (Å²) in [7, 11) is 1.35. The summed E-state index contributed by atoms with van der Waals surface area (Å²) in [6.45, 7) is -2.45. The van der Waals surface area contributed by atoms with Crippen LogP contribution in [0.2, 0.25) is 0 Å². The second-order valence-corrected chi connectivity index (χ2v) is 5.93. The Morgan fingerprint density at radius 3 is 2.33 bits per heavy atom. The van der Waals surface area contributed by atoms with Crippen molar-refractivity contribution in [2.45, 2.75) is 25.9 Å². The number of nitrogens with zero attached hydrogens (tertiary/aromatic N) is 1. The van der Waals surface area contributed by atoms with Crippen LogP contribution >= 0.6 is 0 Å². The van der Waals surface area contributed by atoms with Crippen molar-refractivity contribution in [3.05, 3.63) is 53.6 Å². The van der Waals surface area contributed by atoms with E-state index in [0.717, 1.165) is 0 Å². The fraction of sp³-hybridized carbons (Fsp3) is 0.316. The minimum atomic E-state index is -4.75. The van der Waals surface area contributed by atoms with Crippen molar-refractivity contribution in [1.82, 2.24) is 5.32 Å². The number of ether oxygens (including phenoxy) is 3. The summed E-state index contributed by atoms with van der Waals surface area (Å²) < 4.78 is 74.5. The molecule has 0 saturated carbocycles. The first kappa shape index (κ1) is 23.0. The second kappa shape index (κ2) is 10.5. The number of benzene rings is 2. The van der Waals surface area contributed by atoms with Gasteiger partial charge >= 0.3 is 13.0 Å². The summed E-state index contributed by atoms with van der Waals surface area (Å²) >= 11 is 0. The van der Waals surface area contributed by atoms with Gasteiger partial charge < -0.3 is 25.3 Å². The number of hydrogen-bond acceptors (Lipinski definition) is 4. The van der Waals surface area contributed by atoms with Crippen molar-refractivity contribution < 1.29 is 36.2 Å². The third-order valence-electron chi connectivity index (χ3n) is 3.75. The highest BCUT2D eigenvalue weighted by molar-refractivity contribution is 5.77. The molecule has 0 spiro atoms. The van der Waals surface area contributed by atoms with Gasteiger partial charge in [-0.3, -0.25) is 0 Å². The number of nitrogens with two attached hydrogens (primary N) is 1. The molecule has 164 valence electrons. The molecule has 0 unspecified atom stereocenters. The van der Waals surface area contributed by atoms with Crippen molar-refractivity contribution in [2.75, 3.05) is 13.7 Å². The zero-order valence-corrected chi connectivity index (χ0v) is 15.9. The van der Waals surface area contributed by atoms with E-state index in [4.69, 9.17) is 10.5 Å². The third-order valence-corrected chi connectivity index (χ3v) is 3.75. The second-order valence-electron chi connectivity index (χ2n) is 5.93. The lowest BCUT2D eigenvalue weighted by Crippen LogP contribution is -2.33. The molecule has 0 heterocycles. The van der Waals surface area contributed by atoms with Gasteiger partial charge in [-0.25, -0.2) is 4.99 Å². The molecule has 0 saturated heterocycles. The van der Waals surface area contributed by atoms with E-state index < -0.39 is 13.0 Å². The Hall–Kier alpha value is -3.24. The van der Waals surface area contributed by atoms with E-state index in [-0.39, 0.29) is 29.8 Å². The summed E-state index contributed by atoms with van der Waals surface area (Å²) in [4.78, 5) is 4.09. The highest BCUT2D eigenvalue weighted by atomic mass is 19.4. The summed E-state index contributed by atoms with van der Waals surface area (Å²) in [6.07, 6.45) is -4.30. The minimum Gasteiger partial charge on any atom is -0.493 e. The lowest BCUT2D eigenvalue weighted by Gasteiger charge is -2.12. The maximum Gasteiger partial charge on any atom is 0.573 e. The molecule has 0 aliphatic rings. The quantitative estimate of drug-likeness (QED) is 0.357. The highest BCUT2D eigenvalue weighted by Crippen LogP contribution is 2.29. The zero-order valence-electron chi connectivity index (χ0n) is 15.9. The van der Waals surface area contributed by atoms with Crippen LogP contribution in [0.15, 0.2) is 47.5 Å².